The van der Waals surface area contributed by atoms with Crippen LogP contribution in [0.15, 0.2) is 42.1 Å². The molecule has 0 aromatic heterocycles. The molecular formula is C13H15NO3. The van der Waals surface area contributed by atoms with Crippen molar-refractivity contribution in [1.82, 2.24) is 0 Å². The van der Waals surface area contributed by atoms with Gasteiger partial charge in [-0.05, 0) is 17.2 Å². The SMILES string of the molecule is C=Cc1ccc(/C=C/C(CO)(CO)N=O)cc1. The fourth-order valence-corrected chi connectivity index (χ4v) is 1.24. The van der Waals surface area contributed by atoms with Crippen molar-refractivity contribution in [1.29, 1.82) is 0 Å². The quantitative estimate of drug-likeness (QED) is 0.736. The molecule has 0 aliphatic rings. The van der Waals surface area contributed by atoms with E-state index in [1.807, 2.05) is 24.3 Å². The van der Waals surface area contributed by atoms with Crippen molar-refractivity contribution in [3.05, 3.63) is 53.0 Å². The van der Waals surface area contributed by atoms with Crippen LogP contribution in [0.2, 0.25) is 0 Å². The average Bonchev–Trinajstić information content (AvgIpc) is 2.41. The van der Waals surface area contributed by atoms with Gasteiger partial charge in [-0.25, -0.2) is 0 Å². The maximum atomic E-state index is 10.6. The van der Waals surface area contributed by atoms with E-state index in [2.05, 4.69) is 11.8 Å². The van der Waals surface area contributed by atoms with E-state index in [4.69, 9.17) is 10.2 Å². The van der Waals surface area contributed by atoms with E-state index in [9.17, 15) is 4.91 Å². The molecule has 0 aliphatic heterocycles. The second-order valence-electron chi connectivity index (χ2n) is 3.72. The lowest BCUT2D eigenvalue weighted by molar-refractivity contribution is 0.153. The van der Waals surface area contributed by atoms with Crippen LogP contribution >= 0.6 is 0 Å². The van der Waals surface area contributed by atoms with Gasteiger partial charge in [0.2, 0.25) is 0 Å². The second-order valence-corrected chi connectivity index (χ2v) is 3.72. The lowest BCUT2D eigenvalue weighted by Crippen LogP contribution is -2.32. The highest BCUT2D eigenvalue weighted by Crippen LogP contribution is 2.14. The molecule has 0 amide bonds. The summed E-state index contributed by atoms with van der Waals surface area (Å²) in [5, 5.41) is 20.8. The van der Waals surface area contributed by atoms with Crippen LogP contribution in [-0.4, -0.2) is 29.0 Å². The summed E-state index contributed by atoms with van der Waals surface area (Å²) in [5.74, 6) is 0. The highest BCUT2D eigenvalue weighted by Gasteiger charge is 2.26. The van der Waals surface area contributed by atoms with Crippen LogP contribution in [0.1, 0.15) is 11.1 Å². The van der Waals surface area contributed by atoms with Crippen LogP contribution in [0.4, 0.5) is 0 Å². The maximum Gasteiger partial charge on any atom is 0.167 e. The van der Waals surface area contributed by atoms with E-state index in [1.165, 1.54) is 6.08 Å². The molecule has 1 aromatic carbocycles. The molecule has 0 spiro atoms. The summed E-state index contributed by atoms with van der Waals surface area (Å²) in [5.41, 5.74) is 0.397. The van der Waals surface area contributed by atoms with Crippen molar-refractivity contribution in [3.63, 3.8) is 0 Å². The molecule has 0 atom stereocenters. The zero-order valence-electron chi connectivity index (χ0n) is 9.41. The van der Waals surface area contributed by atoms with Gasteiger partial charge in [-0.3, -0.25) is 0 Å². The van der Waals surface area contributed by atoms with Crippen molar-refractivity contribution < 1.29 is 10.2 Å². The lowest BCUT2D eigenvalue weighted by atomic mass is 10.0. The molecule has 1 aromatic rings. The van der Waals surface area contributed by atoms with Crippen LogP contribution in [0.3, 0.4) is 0 Å². The Labute approximate surface area is 99.9 Å². The molecule has 0 saturated carbocycles. The molecule has 2 N–H and O–H groups in total. The zero-order valence-corrected chi connectivity index (χ0v) is 9.41. The van der Waals surface area contributed by atoms with Gasteiger partial charge in [0.15, 0.2) is 5.54 Å². The summed E-state index contributed by atoms with van der Waals surface area (Å²) in [6.45, 7) is 2.61. The largest absolute Gasteiger partial charge is 0.393 e. The van der Waals surface area contributed by atoms with Crippen LogP contribution in [-0.2, 0) is 0 Å². The number of rotatable bonds is 6. The summed E-state index contributed by atoms with van der Waals surface area (Å²) >= 11 is 0. The maximum absolute atomic E-state index is 10.6. The molecular weight excluding hydrogens is 218 g/mol. The van der Waals surface area contributed by atoms with Crippen molar-refractivity contribution in [2.45, 2.75) is 5.54 Å². The van der Waals surface area contributed by atoms with Gasteiger partial charge in [-0.15, -0.1) is 4.91 Å². The van der Waals surface area contributed by atoms with E-state index >= 15 is 0 Å². The predicted molar refractivity (Wildman–Crippen MR) is 68.3 cm³/mol. The zero-order chi connectivity index (χ0) is 12.7. The first kappa shape index (κ1) is 13.3. The molecule has 0 aliphatic carbocycles. The van der Waals surface area contributed by atoms with E-state index < -0.39 is 18.8 Å². The van der Waals surface area contributed by atoms with E-state index in [-0.39, 0.29) is 0 Å². The molecule has 0 radical (unpaired) electrons. The Morgan fingerprint density at radius 1 is 1.18 bits per heavy atom. The molecule has 17 heavy (non-hydrogen) atoms. The number of aliphatic hydroxyl groups excluding tert-OH is 2. The van der Waals surface area contributed by atoms with Gasteiger partial charge in [0, 0.05) is 0 Å². The Kier molecular flexibility index (Phi) is 4.75. The van der Waals surface area contributed by atoms with Crippen LogP contribution in [0, 0.1) is 4.91 Å². The molecule has 0 bridgehead atoms. The van der Waals surface area contributed by atoms with Gasteiger partial charge in [0.1, 0.15) is 0 Å². The summed E-state index contributed by atoms with van der Waals surface area (Å²) in [4.78, 5) is 10.6. The minimum absolute atomic E-state index is 0.520. The van der Waals surface area contributed by atoms with E-state index in [1.54, 1.807) is 12.2 Å². The summed E-state index contributed by atoms with van der Waals surface area (Å²) < 4.78 is 0. The van der Waals surface area contributed by atoms with Crippen molar-refractivity contribution >= 4 is 12.2 Å². The van der Waals surface area contributed by atoms with Gasteiger partial charge < -0.3 is 10.2 Å². The number of nitrogens with zero attached hydrogens (tertiary/aromatic N) is 1. The first-order valence-corrected chi connectivity index (χ1v) is 5.17. The molecule has 4 heteroatoms. The summed E-state index contributed by atoms with van der Waals surface area (Å²) in [6, 6.07) is 7.44. The Hall–Kier alpha value is -1.78. The van der Waals surface area contributed by atoms with Gasteiger partial charge >= 0.3 is 0 Å². The summed E-state index contributed by atoms with van der Waals surface area (Å²) in [7, 11) is 0. The normalized spacial score (nSPS) is 11.6. The Bertz CT molecular complexity index is 405. The highest BCUT2D eigenvalue weighted by molar-refractivity contribution is 5.55. The first-order chi connectivity index (χ1) is 8.19. The van der Waals surface area contributed by atoms with Crippen molar-refractivity contribution in [2.24, 2.45) is 5.18 Å². The van der Waals surface area contributed by atoms with E-state index in [0.29, 0.717) is 0 Å². The third-order valence-corrected chi connectivity index (χ3v) is 2.49. The molecule has 0 fully saturated rings. The standard InChI is InChI=1S/C13H15NO3/c1-2-11-3-5-12(6-4-11)7-8-13(9-15,10-16)14-17/h2-8,15-16H,1,9-10H2/b8-7+. The molecule has 90 valence electrons. The van der Waals surface area contributed by atoms with Gasteiger partial charge in [-0.2, -0.15) is 0 Å². The third-order valence-electron chi connectivity index (χ3n) is 2.49. The first-order valence-electron chi connectivity index (χ1n) is 5.17. The van der Waals surface area contributed by atoms with Gasteiger partial charge in [-0.1, -0.05) is 48.2 Å². The van der Waals surface area contributed by atoms with Crippen LogP contribution in [0.25, 0.3) is 12.2 Å². The van der Waals surface area contributed by atoms with Gasteiger partial charge in [0.25, 0.3) is 0 Å². The number of nitroso groups, excluding NO2 is 1. The van der Waals surface area contributed by atoms with E-state index in [0.717, 1.165) is 11.1 Å². The monoisotopic (exact) mass is 233 g/mol. The topological polar surface area (TPSA) is 69.9 Å². The Morgan fingerprint density at radius 2 is 1.71 bits per heavy atom. The molecule has 0 heterocycles. The molecule has 0 unspecified atom stereocenters. The van der Waals surface area contributed by atoms with Crippen LogP contribution < -0.4 is 0 Å². The lowest BCUT2D eigenvalue weighted by Gasteiger charge is -2.15. The molecule has 0 saturated heterocycles. The Morgan fingerprint density at radius 3 is 2.12 bits per heavy atom. The predicted octanol–water partition coefficient (Wildman–Crippen LogP) is 1.83. The number of benzene rings is 1. The minimum Gasteiger partial charge on any atom is -0.393 e. The third kappa shape index (κ3) is 3.34. The molecule has 4 nitrogen and oxygen atoms in total. The highest BCUT2D eigenvalue weighted by atomic mass is 16.3. The molecule has 1 rings (SSSR count). The van der Waals surface area contributed by atoms with Crippen molar-refractivity contribution in [3.8, 4) is 0 Å². The number of hydrogen-bond donors (Lipinski definition) is 2. The number of aliphatic hydroxyl groups is 2. The average molecular weight is 233 g/mol. The second kappa shape index (κ2) is 6.08. The van der Waals surface area contributed by atoms with Crippen molar-refractivity contribution in [2.75, 3.05) is 13.2 Å². The van der Waals surface area contributed by atoms with Gasteiger partial charge in [0.05, 0.1) is 13.2 Å². The van der Waals surface area contributed by atoms with Crippen LogP contribution in [0.5, 0.6) is 0 Å². The summed E-state index contributed by atoms with van der Waals surface area (Å²) in [6.07, 6.45) is 4.77. The smallest absolute Gasteiger partial charge is 0.167 e. The fraction of sp³-hybridized carbons (Fsp3) is 0.231. The minimum atomic E-state index is -1.45. The number of hydrogen-bond acceptors (Lipinski definition) is 4. The Balaban J connectivity index is 2.87. The fourth-order valence-electron chi connectivity index (χ4n) is 1.24.